The molecule has 0 bridgehead atoms. The summed E-state index contributed by atoms with van der Waals surface area (Å²) >= 11 is 9.26. The zero-order chi connectivity index (χ0) is 19.6. The van der Waals surface area contributed by atoms with Gasteiger partial charge in [-0.15, -0.1) is 0 Å². The molecule has 1 amide bonds. The maximum absolute atomic E-state index is 12.7. The lowest BCUT2D eigenvalue weighted by Crippen LogP contribution is -2.31. The van der Waals surface area contributed by atoms with E-state index < -0.39 is 17.7 Å². The summed E-state index contributed by atoms with van der Waals surface area (Å²) in [5.74, 6) is -1.68. The lowest BCUT2D eigenvalue weighted by atomic mass is 9.95. The Morgan fingerprint density at radius 3 is 2.30 bits per heavy atom. The number of aliphatic hydroxyl groups excluding tert-OH is 2. The number of nitrogens with zero attached hydrogens (tertiary/aromatic N) is 1. The van der Waals surface area contributed by atoms with Crippen LogP contribution in [0, 0.1) is 0 Å². The SMILES string of the molecule is O=C1C(=O)N(CCCO)[C@@H](c2ccc(Br)cc2)C1=C(O)c1ccc(Cl)cc1. The molecule has 27 heavy (non-hydrogen) atoms. The van der Waals surface area contributed by atoms with Crippen LogP contribution in [0.4, 0.5) is 0 Å². The number of rotatable bonds is 5. The fourth-order valence-corrected chi connectivity index (χ4v) is 3.50. The van der Waals surface area contributed by atoms with Crippen LogP contribution in [0.15, 0.2) is 58.6 Å². The maximum atomic E-state index is 12.7. The van der Waals surface area contributed by atoms with Gasteiger partial charge in [-0.25, -0.2) is 0 Å². The summed E-state index contributed by atoms with van der Waals surface area (Å²) in [6.07, 6.45) is 0.334. The predicted octanol–water partition coefficient (Wildman–Crippen LogP) is 3.91. The Hall–Kier alpha value is -2.15. The second kappa shape index (κ2) is 8.25. The van der Waals surface area contributed by atoms with Gasteiger partial charge in [-0.1, -0.05) is 39.7 Å². The maximum Gasteiger partial charge on any atom is 0.295 e. The third kappa shape index (κ3) is 3.93. The monoisotopic (exact) mass is 449 g/mol. The van der Waals surface area contributed by atoms with Crippen molar-refractivity contribution in [2.75, 3.05) is 13.2 Å². The van der Waals surface area contributed by atoms with Crippen molar-refractivity contribution in [3.05, 3.63) is 74.7 Å². The standard InChI is InChI=1S/C20H17BrClNO4/c21-14-6-2-12(3-7-14)17-16(18(25)13-4-8-15(22)9-5-13)19(26)20(27)23(17)10-1-11-24/h2-9,17,24-25H,1,10-11H2/t17-/m0/s1. The first-order valence-corrected chi connectivity index (χ1v) is 9.52. The summed E-state index contributed by atoms with van der Waals surface area (Å²) in [6.45, 7) is 0.104. The Balaban J connectivity index is 2.14. The van der Waals surface area contributed by atoms with Gasteiger partial charge in [0.1, 0.15) is 5.76 Å². The molecule has 7 heteroatoms. The van der Waals surface area contributed by atoms with E-state index in [9.17, 15) is 14.7 Å². The molecular formula is C20H17BrClNO4. The highest BCUT2D eigenvalue weighted by molar-refractivity contribution is 9.10. The van der Waals surface area contributed by atoms with Crippen LogP contribution in [0.3, 0.4) is 0 Å². The van der Waals surface area contributed by atoms with E-state index >= 15 is 0 Å². The topological polar surface area (TPSA) is 77.8 Å². The van der Waals surface area contributed by atoms with Crippen LogP contribution < -0.4 is 0 Å². The minimum absolute atomic E-state index is 0.0302. The van der Waals surface area contributed by atoms with E-state index in [0.717, 1.165) is 4.47 Å². The Labute approximate surface area is 170 Å². The van der Waals surface area contributed by atoms with Crippen LogP contribution in [-0.4, -0.2) is 40.0 Å². The molecule has 0 radical (unpaired) electrons. The number of carbonyl (C=O) groups is 2. The summed E-state index contributed by atoms with van der Waals surface area (Å²) in [5, 5.41) is 20.5. The molecule has 2 aromatic rings. The number of benzene rings is 2. The van der Waals surface area contributed by atoms with Gasteiger partial charge in [0.25, 0.3) is 11.7 Å². The number of carbonyl (C=O) groups excluding carboxylic acids is 2. The molecule has 1 atom stereocenters. The first kappa shape index (κ1) is 19.6. The molecule has 2 aromatic carbocycles. The Kier molecular flexibility index (Phi) is 5.99. The lowest BCUT2D eigenvalue weighted by molar-refractivity contribution is -0.140. The van der Waals surface area contributed by atoms with Gasteiger partial charge >= 0.3 is 0 Å². The van der Waals surface area contributed by atoms with E-state index in [1.54, 1.807) is 36.4 Å². The van der Waals surface area contributed by atoms with Crippen molar-refractivity contribution in [1.82, 2.24) is 4.90 Å². The second-order valence-corrected chi connectivity index (χ2v) is 7.48. The highest BCUT2D eigenvalue weighted by Gasteiger charge is 2.45. The summed E-state index contributed by atoms with van der Waals surface area (Å²) in [6, 6.07) is 12.9. The fourth-order valence-electron chi connectivity index (χ4n) is 3.11. The van der Waals surface area contributed by atoms with Gasteiger partial charge in [0.2, 0.25) is 0 Å². The molecule has 0 saturated carbocycles. The lowest BCUT2D eigenvalue weighted by Gasteiger charge is -2.25. The van der Waals surface area contributed by atoms with Crippen molar-refractivity contribution < 1.29 is 19.8 Å². The molecule has 0 unspecified atom stereocenters. The Morgan fingerprint density at radius 2 is 1.70 bits per heavy atom. The van der Waals surface area contributed by atoms with E-state index in [1.165, 1.54) is 4.90 Å². The molecule has 1 aliphatic heterocycles. The highest BCUT2D eigenvalue weighted by Crippen LogP contribution is 2.39. The van der Waals surface area contributed by atoms with Crippen molar-refractivity contribution in [3.8, 4) is 0 Å². The van der Waals surface area contributed by atoms with Crippen LogP contribution in [0.1, 0.15) is 23.6 Å². The number of halogens is 2. The number of hydrogen-bond acceptors (Lipinski definition) is 4. The van der Waals surface area contributed by atoms with Crippen LogP contribution in [0.5, 0.6) is 0 Å². The second-order valence-electron chi connectivity index (χ2n) is 6.13. The van der Waals surface area contributed by atoms with Crippen molar-refractivity contribution >= 4 is 45.0 Å². The van der Waals surface area contributed by atoms with Crippen LogP contribution >= 0.6 is 27.5 Å². The predicted molar refractivity (Wildman–Crippen MR) is 106 cm³/mol. The number of ketones is 1. The first-order chi connectivity index (χ1) is 12.9. The van der Waals surface area contributed by atoms with Gasteiger partial charge < -0.3 is 15.1 Å². The summed E-state index contributed by atoms with van der Waals surface area (Å²) in [4.78, 5) is 26.7. The minimum atomic E-state index is -0.742. The van der Waals surface area contributed by atoms with E-state index in [1.807, 2.05) is 12.1 Å². The van der Waals surface area contributed by atoms with E-state index in [4.69, 9.17) is 16.7 Å². The molecule has 1 fully saturated rings. The third-order valence-corrected chi connectivity index (χ3v) is 5.18. The molecule has 140 valence electrons. The zero-order valence-electron chi connectivity index (χ0n) is 14.2. The number of amides is 1. The average molecular weight is 451 g/mol. The first-order valence-electron chi connectivity index (χ1n) is 8.34. The van der Waals surface area contributed by atoms with Crippen LogP contribution in [0.2, 0.25) is 5.02 Å². The number of hydrogen-bond donors (Lipinski definition) is 2. The van der Waals surface area contributed by atoms with Crippen molar-refractivity contribution in [1.29, 1.82) is 0 Å². The van der Waals surface area contributed by atoms with Gasteiger partial charge in [0.05, 0.1) is 11.6 Å². The van der Waals surface area contributed by atoms with Gasteiger partial charge in [-0.2, -0.15) is 0 Å². The minimum Gasteiger partial charge on any atom is -0.507 e. The van der Waals surface area contributed by atoms with Gasteiger partial charge in [0.15, 0.2) is 0 Å². The van der Waals surface area contributed by atoms with Gasteiger partial charge in [-0.05, 0) is 48.4 Å². The molecular weight excluding hydrogens is 434 g/mol. The van der Waals surface area contributed by atoms with Crippen molar-refractivity contribution in [3.63, 3.8) is 0 Å². The molecule has 0 spiro atoms. The van der Waals surface area contributed by atoms with Crippen LogP contribution in [-0.2, 0) is 9.59 Å². The van der Waals surface area contributed by atoms with Crippen LogP contribution in [0.25, 0.3) is 5.76 Å². The number of likely N-dealkylation sites (tertiary alicyclic amines) is 1. The van der Waals surface area contributed by atoms with E-state index in [0.29, 0.717) is 22.6 Å². The molecule has 1 aliphatic rings. The summed E-state index contributed by atoms with van der Waals surface area (Å²) < 4.78 is 0.858. The Bertz CT molecular complexity index is 893. The molecule has 5 nitrogen and oxygen atoms in total. The highest BCUT2D eigenvalue weighted by atomic mass is 79.9. The van der Waals surface area contributed by atoms with Gasteiger partial charge in [0, 0.05) is 28.2 Å². The number of aliphatic hydroxyl groups is 2. The normalized spacial score (nSPS) is 18.9. The molecule has 1 saturated heterocycles. The van der Waals surface area contributed by atoms with Crippen molar-refractivity contribution in [2.45, 2.75) is 12.5 Å². The molecule has 0 aromatic heterocycles. The molecule has 2 N–H and O–H groups in total. The number of Topliss-reactive ketones (excluding diaryl/α,β-unsaturated/α-hetero) is 1. The van der Waals surface area contributed by atoms with Crippen molar-refractivity contribution in [2.24, 2.45) is 0 Å². The summed E-state index contributed by atoms with van der Waals surface area (Å²) in [5.41, 5.74) is 1.13. The summed E-state index contributed by atoms with van der Waals surface area (Å²) in [7, 11) is 0. The van der Waals surface area contributed by atoms with Gasteiger partial charge in [-0.3, -0.25) is 9.59 Å². The largest absolute Gasteiger partial charge is 0.507 e. The van der Waals surface area contributed by atoms with E-state index in [-0.39, 0.29) is 24.5 Å². The molecule has 0 aliphatic carbocycles. The molecule has 1 heterocycles. The zero-order valence-corrected chi connectivity index (χ0v) is 16.6. The quantitative estimate of drug-likeness (QED) is 0.411. The smallest absolute Gasteiger partial charge is 0.295 e. The van der Waals surface area contributed by atoms with E-state index in [2.05, 4.69) is 15.9 Å². The Morgan fingerprint density at radius 1 is 1.07 bits per heavy atom. The molecule has 3 rings (SSSR count). The third-order valence-electron chi connectivity index (χ3n) is 4.40. The average Bonchev–Trinajstić information content (AvgIpc) is 2.91. The fraction of sp³-hybridized carbons (Fsp3) is 0.200.